The molecule has 0 spiro atoms. The average molecular weight is 781 g/mol. The molecule has 0 fully saturated rings. The van der Waals surface area contributed by atoms with E-state index in [4.69, 9.17) is 9.97 Å². The Morgan fingerprint density at radius 2 is 0.623 bits per heavy atom. The standard InChI is InChI=1S/C57H40N4/c1-39-38-58-56(44-30-34-46(35-31-44)60(52-26-10-18-40-14-2-6-22-48(40)52)53-27-11-19-41-15-3-7-23-49(41)53)57(59-39)45-32-36-47(37-33-45)61(54-28-12-20-42-16-4-8-24-50(42)54)55-29-13-21-43-17-5-9-25-51(43)55/h2-38H,1H3. The number of nitrogens with zero attached hydrogens (tertiary/aromatic N) is 4. The van der Waals surface area contributed by atoms with E-state index in [0.29, 0.717) is 0 Å². The van der Waals surface area contributed by atoms with Crippen LogP contribution in [0.4, 0.5) is 34.1 Å². The van der Waals surface area contributed by atoms with Crippen molar-refractivity contribution in [3.05, 3.63) is 230 Å². The fraction of sp³-hybridized carbons (Fsp3) is 0.0175. The normalized spacial score (nSPS) is 11.4. The number of aryl methyl sites for hydroxylation is 1. The van der Waals surface area contributed by atoms with Crippen molar-refractivity contribution in [3.8, 4) is 22.5 Å². The van der Waals surface area contributed by atoms with Crippen LogP contribution in [-0.2, 0) is 0 Å². The van der Waals surface area contributed by atoms with Crippen LogP contribution in [0.25, 0.3) is 65.6 Å². The van der Waals surface area contributed by atoms with Crippen LogP contribution in [-0.4, -0.2) is 9.97 Å². The molecule has 4 nitrogen and oxygen atoms in total. The Labute approximate surface area is 355 Å². The van der Waals surface area contributed by atoms with Gasteiger partial charge in [-0.2, -0.15) is 0 Å². The number of benzene rings is 10. The van der Waals surface area contributed by atoms with Gasteiger partial charge in [0.05, 0.1) is 39.8 Å². The molecule has 0 amide bonds. The predicted octanol–water partition coefficient (Wildman–Crippen LogP) is 15.7. The first-order valence-electron chi connectivity index (χ1n) is 20.7. The molecule has 1 heterocycles. The molecule has 1 aromatic heterocycles. The molecule has 0 aliphatic rings. The predicted molar refractivity (Wildman–Crippen MR) is 257 cm³/mol. The van der Waals surface area contributed by atoms with Gasteiger partial charge in [0.2, 0.25) is 0 Å². The largest absolute Gasteiger partial charge is 0.309 e. The molecular formula is C57H40N4. The van der Waals surface area contributed by atoms with Gasteiger partial charge in [-0.05, 0) is 77.0 Å². The highest BCUT2D eigenvalue weighted by atomic mass is 15.2. The van der Waals surface area contributed by atoms with Crippen molar-refractivity contribution in [2.24, 2.45) is 0 Å². The SMILES string of the molecule is Cc1cnc(-c2ccc(N(c3cccc4ccccc34)c3cccc4ccccc34)cc2)c(-c2ccc(N(c3cccc4ccccc34)c3cccc4ccccc34)cc2)n1. The first kappa shape index (κ1) is 36.0. The smallest absolute Gasteiger partial charge is 0.0968 e. The van der Waals surface area contributed by atoms with E-state index < -0.39 is 0 Å². The Balaban J connectivity index is 1.01. The number of hydrogen-bond acceptors (Lipinski definition) is 4. The molecule has 0 saturated carbocycles. The molecule has 0 saturated heterocycles. The topological polar surface area (TPSA) is 32.3 Å². The third kappa shape index (κ3) is 6.52. The van der Waals surface area contributed by atoms with Crippen molar-refractivity contribution >= 4 is 77.2 Å². The first-order chi connectivity index (χ1) is 30.2. The zero-order valence-corrected chi connectivity index (χ0v) is 33.7. The third-order valence-electron chi connectivity index (χ3n) is 11.7. The summed E-state index contributed by atoms with van der Waals surface area (Å²) in [4.78, 5) is 14.9. The van der Waals surface area contributed by atoms with Crippen LogP contribution in [0.3, 0.4) is 0 Å². The summed E-state index contributed by atoms with van der Waals surface area (Å²) >= 11 is 0. The van der Waals surface area contributed by atoms with Gasteiger partial charge in [0, 0.05) is 50.2 Å². The molecule has 0 radical (unpaired) electrons. The summed E-state index contributed by atoms with van der Waals surface area (Å²) in [5.41, 5.74) is 11.2. The van der Waals surface area contributed by atoms with Crippen LogP contribution in [0.1, 0.15) is 5.69 Å². The molecule has 10 aromatic carbocycles. The van der Waals surface area contributed by atoms with E-state index in [-0.39, 0.29) is 0 Å². The highest BCUT2D eigenvalue weighted by Gasteiger charge is 2.21. The van der Waals surface area contributed by atoms with E-state index in [0.717, 1.165) is 62.3 Å². The first-order valence-corrected chi connectivity index (χ1v) is 20.7. The monoisotopic (exact) mass is 780 g/mol. The second-order valence-corrected chi connectivity index (χ2v) is 15.5. The van der Waals surface area contributed by atoms with Crippen LogP contribution < -0.4 is 9.80 Å². The summed E-state index contributed by atoms with van der Waals surface area (Å²) in [6, 6.07) is 78.1. The lowest BCUT2D eigenvalue weighted by molar-refractivity contribution is 1.13. The molecule has 11 aromatic rings. The number of hydrogen-bond donors (Lipinski definition) is 0. The molecule has 0 unspecified atom stereocenters. The van der Waals surface area contributed by atoms with Gasteiger partial charge in [-0.25, -0.2) is 4.98 Å². The van der Waals surface area contributed by atoms with Crippen LogP contribution in [0.15, 0.2) is 225 Å². The van der Waals surface area contributed by atoms with E-state index in [1.807, 2.05) is 13.1 Å². The number of fused-ring (bicyclic) bond motifs is 4. The minimum absolute atomic E-state index is 0.840. The number of anilines is 6. The van der Waals surface area contributed by atoms with E-state index in [2.05, 4.69) is 228 Å². The van der Waals surface area contributed by atoms with Gasteiger partial charge >= 0.3 is 0 Å². The molecule has 0 aliphatic carbocycles. The minimum atomic E-state index is 0.840. The maximum Gasteiger partial charge on any atom is 0.0968 e. The van der Waals surface area contributed by atoms with Crippen molar-refractivity contribution in [1.82, 2.24) is 9.97 Å². The summed E-state index contributed by atoms with van der Waals surface area (Å²) in [6.45, 7) is 2.01. The Morgan fingerprint density at radius 1 is 0.311 bits per heavy atom. The van der Waals surface area contributed by atoms with Crippen molar-refractivity contribution in [2.75, 3.05) is 9.80 Å². The summed E-state index contributed by atoms with van der Waals surface area (Å²) in [6.07, 6.45) is 1.86. The van der Waals surface area contributed by atoms with Gasteiger partial charge in [0.25, 0.3) is 0 Å². The third-order valence-corrected chi connectivity index (χ3v) is 11.7. The lowest BCUT2D eigenvalue weighted by Crippen LogP contribution is -2.11. The van der Waals surface area contributed by atoms with Crippen molar-refractivity contribution < 1.29 is 0 Å². The fourth-order valence-electron chi connectivity index (χ4n) is 8.86. The minimum Gasteiger partial charge on any atom is -0.309 e. The average Bonchev–Trinajstić information content (AvgIpc) is 3.32. The van der Waals surface area contributed by atoms with Gasteiger partial charge in [-0.15, -0.1) is 0 Å². The van der Waals surface area contributed by atoms with Gasteiger partial charge in [0.1, 0.15) is 0 Å². The molecule has 0 N–H and O–H groups in total. The van der Waals surface area contributed by atoms with Gasteiger partial charge in [-0.3, -0.25) is 4.98 Å². The Morgan fingerprint density at radius 3 is 0.984 bits per heavy atom. The van der Waals surface area contributed by atoms with Crippen LogP contribution >= 0.6 is 0 Å². The van der Waals surface area contributed by atoms with Crippen molar-refractivity contribution in [1.29, 1.82) is 0 Å². The number of rotatable bonds is 8. The van der Waals surface area contributed by atoms with E-state index in [1.165, 1.54) is 43.1 Å². The molecule has 11 rings (SSSR count). The summed E-state index contributed by atoms with van der Waals surface area (Å²) in [5.74, 6) is 0. The molecule has 0 aliphatic heterocycles. The molecule has 4 heteroatoms. The van der Waals surface area contributed by atoms with Gasteiger partial charge < -0.3 is 9.80 Å². The maximum atomic E-state index is 5.13. The Bertz CT molecular complexity index is 3210. The summed E-state index contributed by atoms with van der Waals surface area (Å²) < 4.78 is 0. The highest BCUT2D eigenvalue weighted by Crippen LogP contribution is 2.45. The quantitative estimate of drug-likeness (QED) is 0.154. The molecular weight excluding hydrogens is 741 g/mol. The summed E-state index contributed by atoms with van der Waals surface area (Å²) in [7, 11) is 0. The second-order valence-electron chi connectivity index (χ2n) is 15.5. The van der Waals surface area contributed by atoms with E-state index in [1.54, 1.807) is 0 Å². The van der Waals surface area contributed by atoms with Gasteiger partial charge in [0.15, 0.2) is 0 Å². The number of aromatic nitrogens is 2. The van der Waals surface area contributed by atoms with Crippen molar-refractivity contribution in [2.45, 2.75) is 6.92 Å². The molecule has 0 bridgehead atoms. The highest BCUT2D eigenvalue weighted by molar-refractivity contribution is 6.06. The lowest BCUT2D eigenvalue weighted by atomic mass is 10.0. The molecule has 288 valence electrons. The second kappa shape index (κ2) is 15.3. The van der Waals surface area contributed by atoms with Crippen molar-refractivity contribution in [3.63, 3.8) is 0 Å². The van der Waals surface area contributed by atoms with E-state index >= 15 is 0 Å². The zero-order valence-electron chi connectivity index (χ0n) is 33.7. The van der Waals surface area contributed by atoms with Crippen LogP contribution in [0.5, 0.6) is 0 Å². The Hall–Kier alpha value is -8.08. The lowest BCUT2D eigenvalue weighted by Gasteiger charge is -2.28. The van der Waals surface area contributed by atoms with E-state index in [9.17, 15) is 0 Å². The maximum absolute atomic E-state index is 5.13. The Kier molecular flexibility index (Phi) is 9.02. The van der Waals surface area contributed by atoms with Gasteiger partial charge in [-0.1, -0.05) is 170 Å². The van der Waals surface area contributed by atoms with Crippen LogP contribution in [0.2, 0.25) is 0 Å². The van der Waals surface area contributed by atoms with Crippen LogP contribution in [0, 0.1) is 6.92 Å². The molecule has 61 heavy (non-hydrogen) atoms. The summed E-state index contributed by atoms with van der Waals surface area (Å²) in [5, 5.41) is 9.56. The zero-order chi connectivity index (χ0) is 40.7. The fourth-order valence-corrected chi connectivity index (χ4v) is 8.86. The molecule has 0 atom stereocenters.